The summed E-state index contributed by atoms with van der Waals surface area (Å²) in [5, 5.41) is 4.79. The second-order valence-electron chi connectivity index (χ2n) is 8.11. The number of hydrogen-bond donors (Lipinski definition) is 2. The Bertz CT molecular complexity index is 1230. The Morgan fingerprint density at radius 3 is 2.85 bits per heavy atom. The fraction of sp³-hybridized carbons (Fsp3) is 0.318. The average Bonchev–Trinajstić information content (AvgIpc) is 3.56. The van der Waals surface area contributed by atoms with E-state index >= 15 is 0 Å². The third-order valence-corrected chi connectivity index (χ3v) is 6.18. The summed E-state index contributed by atoms with van der Waals surface area (Å²) in [6.07, 6.45) is 10.7. The molecule has 1 aliphatic carbocycles. The van der Waals surface area contributed by atoms with Crippen molar-refractivity contribution in [2.75, 3.05) is 18.9 Å². The van der Waals surface area contributed by atoms with Gasteiger partial charge in [0.15, 0.2) is 5.82 Å². The first-order valence-electron chi connectivity index (χ1n) is 10.5. The Morgan fingerprint density at radius 2 is 2.18 bits per heavy atom. The first-order chi connectivity index (χ1) is 16.4. The Labute approximate surface area is 205 Å². The molecule has 1 saturated heterocycles. The van der Waals surface area contributed by atoms with Crippen LogP contribution in [-0.4, -0.2) is 39.0 Å². The van der Waals surface area contributed by atoms with Crippen LogP contribution >= 0.6 is 23.2 Å². The molecule has 3 aromatic rings. The number of nitrogens with two attached hydrogens (primary N) is 2. The molecular weight excluding hydrogens is 483 g/mol. The molecule has 2 aromatic heterocycles. The van der Waals surface area contributed by atoms with E-state index in [-0.39, 0.29) is 18.7 Å². The lowest BCUT2D eigenvalue weighted by Crippen LogP contribution is -2.36. The van der Waals surface area contributed by atoms with Gasteiger partial charge in [0.05, 0.1) is 24.5 Å². The number of nitrogens with zero attached hydrogens (tertiary/aromatic N) is 4. The van der Waals surface area contributed by atoms with E-state index in [0.29, 0.717) is 46.8 Å². The summed E-state index contributed by atoms with van der Waals surface area (Å²) in [5.41, 5.74) is 11.6. The number of allylic oxidation sites excluding steroid dienone is 1. The minimum Gasteiger partial charge on any atom is -0.491 e. The molecule has 0 saturated carbocycles. The Balaban J connectivity index is 1.27. The highest BCUT2D eigenvalue weighted by Gasteiger charge is 2.45. The van der Waals surface area contributed by atoms with Crippen molar-refractivity contribution in [1.82, 2.24) is 19.7 Å². The van der Waals surface area contributed by atoms with Crippen LogP contribution in [0.1, 0.15) is 17.8 Å². The van der Waals surface area contributed by atoms with Gasteiger partial charge in [0.1, 0.15) is 24.0 Å². The summed E-state index contributed by atoms with van der Waals surface area (Å²) in [6.45, 7) is 0.935. The molecule has 0 radical (unpaired) electrons. The third-order valence-electron chi connectivity index (χ3n) is 5.63. The first-order valence-corrected chi connectivity index (χ1v) is 11.2. The minimum atomic E-state index is -1.11. The van der Waals surface area contributed by atoms with Gasteiger partial charge in [0.2, 0.25) is 5.79 Å². The predicted octanol–water partition coefficient (Wildman–Crippen LogP) is 3.14. The SMILES string of the molecule is Nc1nc(C2(N)C=CC(OCC3COC(Cn4ccnc4)(c4ccc(Cl)cc4Cl)O3)=CC2)no1. The van der Waals surface area contributed by atoms with Gasteiger partial charge in [-0.2, -0.15) is 4.98 Å². The Hall–Kier alpha value is -2.89. The van der Waals surface area contributed by atoms with Crippen molar-refractivity contribution in [2.45, 2.75) is 30.4 Å². The average molecular weight is 505 g/mol. The largest absolute Gasteiger partial charge is 0.491 e. The number of ether oxygens (including phenoxy) is 3. The molecule has 2 aliphatic rings. The van der Waals surface area contributed by atoms with Crippen molar-refractivity contribution in [3.8, 4) is 0 Å². The van der Waals surface area contributed by atoms with Crippen LogP contribution in [0.3, 0.4) is 0 Å². The van der Waals surface area contributed by atoms with Gasteiger partial charge < -0.3 is 34.8 Å². The Kier molecular flexibility index (Phi) is 6.09. The van der Waals surface area contributed by atoms with Gasteiger partial charge in [-0.1, -0.05) is 40.5 Å². The number of benzene rings is 1. The molecule has 3 atom stereocenters. The van der Waals surface area contributed by atoms with Crippen molar-refractivity contribution in [2.24, 2.45) is 5.73 Å². The number of nitrogen functional groups attached to an aromatic ring is 1. The van der Waals surface area contributed by atoms with E-state index in [2.05, 4.69) is 15.1 Å². The van der Waals surface area contributed by atoms with Crippen molar-refractivity contribution in [3.05, 3.63) is 82.3 Å². The van der Waals surface area contributed by atoms with Crippen molar-refractivity contribution >= 4 is 29.2 Å². The maximum absolute atomic E-state index is 6.51. The molecule has 4 N–H and O–H groups in total. The summed E-state index contributed by atoms with van der Waals surface area (Å²) < 4.78 is 25.2. The molecule has 178 valence electrons. The van der Waals surface area contributed by atoms with Crippen LogP contribution in [0.25, 0.3) is 0 Å². The second kappa shape index (κ2) is 9.05. The molecular formula is C22H22Cl2N6O4. The fourth-order valence-electron chi connectivity index (χ4n) is 3.90. The van der Waals surface area contributed by atoms with E-state index in [0.717, 1.165) is 0 Å². The van der Waals surface area contributed by atoms with Crippen molar-refractivity contribution in [3.63, 3.8) is 0 Å². The van der Waals surface area contributed by atoms with Gasteiger partial charge in [-0.15, -0.1) is 0 Å². The minimum absolute atomic E-state index is 0.0300. The second-order valence-corrected chi connectivity index (χ2v) is 8.96. The third kappa shape index (κ3) is 4.55. The highest BCUT2D eigenvalue weighted by Crippen LogP contribution is 2.40. The van der Waals surface area contributed by atoms with Crippen LogP contribution in [0.4, 0.5) is 6.01 Å². The zero-order valence-electron chi connectivity index (χ0n) is 17.9. The van der Waals surface area contributed by atoms with E-state index in [1.54, 1.807) is 36.8 Å². The van der Waals surface area contributed by atoms with Crippen LogP contribution in [0.2, 0.25) is 10.0 Å². The maximum Gasteiger partial charge on any atom is 0.318 e. The molecule has 1 aliphatic heterocycles. The van der Waals surface area contributed by atoms with Crippen LogP contribution in [-0.2, 0) is 32.1 Å². The molecule has 10 nitrogen and oxygen atoms in total. The van der Waals surface area contributed by atoms with E-state index in [1.165, 1.54) is 0 Å². The van der Waals surface area contributed by atoms with Gasteiger partial charge in [0.25, 0.3) is 0 Å². The lowest BCUT2D eigenvalue weighted by molar-refractivity contribution is -0.190. The molecule has 34 heavy (non-hydrogen) atoms. The Morgan fingerprint density at radius 1 is 1.29 bits per heavy atom. The number of hydrogen-bond acceptors (Lipinski definition) is 9. The molecule has 3 unspecified atom stereocenters. The summed E-state index contributed by atoms with van der Waals surface area (Å²) in [4.78, 5) is 8.12. The number of halogens is 2. The van der Waals surface area contributed by atoms with Crippen LogP contribution in [0.5, 0.6) is 0 Å². The van der Waals surface area contributed by atoms with E-state index < -0.39 is 11.3 Å². The summed E-state index contributed by atoms with van der Waals surface area (Å²) in [5.74, 6) is -0.149. The number of anilines is 1. The molecule has 1 fully saturated rings. The molecule has 0 amide bonds. The fourth-order valence-corrected chi connectivity index (χ4v) is 4.45. The normalized spacial score (nSPS) is 26.6. The molecule has 1 aromatic carbocycles. The van der Waals surface area contributed by atoms with Crippen LogP contribution in [0.15, 0.2) is 65.4 Å². The highest BCUT2D eigenvalue weighted by molar-refractivity contribution is 6.35. The number of aromatic nitrogens is 4. The van der Waals surface area contributed by atoms with E-state index in [9.17, 15) is 0 Å². The first kappa shape index (κ1) is 22.9. The van der Waals surface area contributed by atoms with Gasteiger partial charge in [0, 0.05) is 23.0 Å². The zero-order chi connectivity index (χ0) is 23.8. The van der Waals surface area contributed by atoms with Crippen molar-refractivity contribution in [1.29, 1.82) is 0 Å². The monoisotopic (exact) mass is 504 g/mol. The molecule has 5 rings (SSSR count). The highest BCUT2D eigenvalue weighted by atomic mass is 35.5. The zero-order valence-corrected chi connectivity index (χ0v) is 19.4. The number of imidazole rings is 1. The quantitative estimate of drug-likeness (QED) is 0.496. The standard InChI is InChI=1S/C22H22Cl2N6O4/c23-14-1-2-17(18(24)9-14)22(12-30-8-7-27-13-30)32-11-16(33-22)10-31-15-3-5-21(26,6-4-15)19-28-20(25)34-29-19/h1-5,7-9,13,16H,6,10-12,26H2,(H2,25,28,29). The van der Waals surface area contributed by atoms with Gasteiger partial charge in [-0.3, -0.25) is 0 Å². The summed E-state index contributed by atoms with van der Waals surface area (Å²) in [7, 11) is 0. The van der Waals surface area contributed by atoms with Gasteiger partial charge in [-0.25, -0.2) is 4.98 Å². The van der Waals surface area contributed by atoms with E-state index in [1.807, 2.05) is 22.9 Å². The smallest absolute Gasteiger partial charge is 0.318 e. The van der Waals surface area contributed by atoms with Crippen molar-refractivity contribution < 1.29 is 18.7 Å². The van der Waals surface area contributed by atoms with Crippen LogP contribution < -0.4 is 11.5 Å². The maximum atomic E-state index is 6.51. The topological polar surface area (TPSA) is 136 Å². The molecule has 12 heteroatoms. The summed E-state index contributed by atoms with van der Waals surface area (Å²) in [6, 6.07) is 5.20. The van der Waals surface area contributed by atoms with Gasteiger partial charge >= 0.3 is 6.01 Å². The summed E-state index contributed by atoms with van der Waals surface area (Å²) >= 11 is 12.6. The van der Waals surface area contributed by atoms with Gasteiger partial charge in [-0.05, 0) is 30.7 Å². The lowest BCUT2D eigenvalue weighted by atomic mass is 9.91. The molecule has 0 bridgehead atoms. The van der Waals surface area contributed by atoms with E-state index in [4.69, 9.17) is 53.4 Å². The predicted molar refractivity (Wildman–Crippen MR) is 124 cm³/mol. The van der Waals surface area contributed by atoms with Crippen LogP contribution in [0, 0.1) is 0 Å². The molecule has 3 heterocycles. The molecule has 0 spiro atoms. The number of rotatable bonds is 7. The lowest BCUT2D eigenvalue weighted by Gasteiger charge is -2.30.